The summed E-state index contributed by atoms with van der Waals surface area (Å²) >= 11 is 0. The lowest BCUT2D eigenvalue weighted by atomic mass is 9.82. The maximum atomic E-state index is 12.5. The summed E-state index contributed by atoms with van der Waals surface area (Å²) in [4.78, 5) is 24.8. The Morgan fingerprint density at radius 2 is 1.67 bits per heavy atom. The molecule has 0 aromatic heterocycles. The lowest BCUT2D eigenvalue weighted by Crippen LogP contribution is -2.60. The molecule has 0 amide bonds. The fraction of sp³-hybridized carbons (Fsp3) is 0.500. The summed E-state index contributed by atoms with van der Waals surface area (Å²) < 4.78 is 27.0. The normalized spacial score (nSPS) is 35.7. The highest BCUT2D eigenvalue weighted by atomic mass is 16.8. The van der Waals surface area contributed by atoms with Crippen LogP contribution >= 0.6 is 0 Å². The van der Waals surface area contributed by atoms with Gasteiger partial charge in [0.25, 0.3) is 0 Å². The van der Waals surface area contributed by atoms with Gasteiger partial charge in [-0.25, -0.2) is 9.59 Å². The van der Waals surface area contributed by atoms with Crippen molar-refractivity contribution in [2.24, 2.45) is 11.8 Å². The fourth-order valence-corrected chi connectivity index (χ4v) is 4.58. The number of fused-ring (bicyclic) bond motifs is 1. The van der Waals surface area contributed by atoms with Gasteiger partial charge in [0.15, 0.2) is 6.29 Å². The molecule has 1 aliphatic carbocycles. The third-order valence-corrected chi connectivity index (χ3v) is 6.47. The standard InChI is InChI=1S/C24H28O12/c1-32-22(31)13-10-34-23(36-24-20(29)19(28)18(27)15(8-25)35-24)16-12(7-14(26)17(13)16)9-33-21(30)11-5-3-2-4-6-11/h2-7,10,14-20,23-29H,8-9H2,1H3/t14-,15+,16+,17-,18+,19-,20+,23-,24-/m0/s1. The topological polar surface area (TPSA) is 181 Å². The number of methoxy groups -OCH3 is 1. The monoisotopic (exact) mass is 508 g/mol. The van der Waals surface area contributed by atoms with Crippen molar-refractivity contribution in [1.29, 1.82) is 0 Å². The second-order valence-electron chi connectivity index (χ2n) is 8.63. The average molecular weight is 508 g/mol. The lowest BCUT2D eigenvalue weighted by Gasteiger charge is -2.43. The van der Waals surface area contributed by atoms with E-state index in [1.165, 1.54) is 13.2 Å². The first kappa shape index (κ1) is 26.2. The predicted molar refractivity (Wildman–Crippen MR) is 118 cm³/mol. The maximum absolute atomic E-state index is 12.5. The van der Waals surface area contributed by atoms with Gasteiger partial charge in [-0.1, -0.05) is 24.3 Å². The van der Waals surface area contributed by atoms with Crippen LogP contribution in [0.4, 0.5) is 0 Å². The molecule has 0 radical (unpaired) electrons. The molecule has 12 heteroatoms. The van der Waals surface area contributed by atoms with Crippen LogP contribution in [0.3, 0.4) is 0 Å². The number of carbonyl (C=O) groups is 2. The van der Waals surface area contributed by atoms with Crippen LogP contribution in [0.15, 0.2) is 53.8 Å². The summed E-state index contributed by atoms with van der Waals surface area (Å²) in [5, 5.41) is 50.7. The Bertz CT molecular complexity index is 1010. The van der Waals surface area contributed by atoms with Gasteiger partial charge >= 0.3 is 11.9 Å². The first-order valence-electron chi connectivity index (χ1n) is 11.3. The van der Waals surface area contributed by atoms with Crippen molar-refractivity contribution >= 4 is 11.9 Å². The van der Waals surface area contributed by atoms with E-state index in [1.54, 1.807) is 30.3 Å². The van der Waals surface area contributed by atoms with Crippen molar-refractivity contribution in [2.75, 3.05) is 20.3 Å². The van der Waals surface area contributed by atoms with Crippen LogP contribution < -0.4 is 0 Å². The quantitative estimate of drug-likeness (QED) is 0.215. The highest BCUT2D eigenvalue weighted by molar-refractivity contribution is 5.90. The zero-order chi connectivity index (χ0) is 26.0. The minimum Gasteiger partial charge on any atom is -0.471 e. The SMILES string of the molecule is COC(=O)C1=CO[C@@H](O[C@@H]2O[C@H](CO)[C@@H](O)[C@H](O)[C@H]2O)[C@@H]2C(COC(=O)c3ccccc3)=C[C@H](O)[C@H]12. The third kappa shape index (κ3) is 5.02. The van der Waals surface area contributed by atoms with Gasteiger partial charge in [-0.3, -0.25) is 0 Å². The first-order valence-corrected chi connectivity index (χ1v) is 11.3. The van der Waals surface area contributed by atoms with Crippen molar-refractivity contribution in [2.45, 2.75) is 43.1 Å². The van der Waals surface area contributed by atoms with Crippen molar-refractivity contribution in [3.63, 3.8) is 0 Å². The molecular weight excluding hydrogens is 480 g/mol. The molecular formula is C24H28O12. The summed E-state index contributed by atoms with van der Waals surface area (Å²) in [6, 6.07) is 8.26. The number of ether oxygens (including phenoxy) is 5. The van der Waals surface area contributed by atoms with Gasteiger partial charge in [-0.15, -0.1) is 0 Å². The van der Waals surface area contributed by atoms with Gasteiger partial charge < -0.3 is 49.2 Å². The van der Waals surface area contributed by atoms with E-state index < -0.39 is 73.5 Å². The van der Waals surface area contributed by atoms with Crippen LogP contribution in [-0.4, -0.2) is 101 Å². The van der Waals surface area contributed by atoms with Gasteiger partial charge in [-0.2, -0.15) is 0 Å². The van der Waals surface area contributed by atoms with Crippen LogP contribution in [-0.2, 0) is 28.5 Å². The Morgan fingerprint density at radius 3 is 2.33 bits per heavy atom. The summed E-state index contributed by atoms with van der Waals surface area (Å²) in [5.41, 5.74) is 0.711. The lowest BCUT2D eigenvalue weighted by molar-refractivity contribution is -0.340. The number of hydrogen-bond donors (Lipinski definition) is 5. The summed E-state index contributed by atoms with van der Waals surface area (Å²) in [5.74, 6) is -3.13. The number of aliphatic hydroxyl groups is 5. The third-order valence-electron chi connectivity index (χ3n) is 6.47. The number of rotatable bonds is 7. The van der Waals surface area contributed by atoms with E-state index in [9.17, 15) is 35.1 Å². The van der Waals surface area contributed by atoms with E-state index >= 15 is 0 Å². The predicted octanol–water partition coefficient (Wildman–Crippen LogP) is -1.39. The van der Waals surface area contributed by atoms with E-state index in [2.05, 4.69) is 0 Å². The molecule has 1 saturated heterocycles. The van der Waals surface area contributed by atoms with Crippen molar-refractivity contribution < 1.29 is 58.8 Å². The number of hydrogen-bond acceptors (Lipinski definition) is 12. The van der Waals surface area contributed by atoms with E-state index in [0.29, 0.717) is 11.1 Å². The summed E-state index contributed by atoms with van der Waals surface area (Å²) in [6.07, 6.45) is -7.70. The Morgan fingerprint density at radius 1 is 0.944 bits per heavy atom. The molecule has 0 unspecified atom stereocenters. The Hall–Kier alpha value is -2.84. The van der Waals surface area contributed by atoms with E-state index in [1.807, 2.05) is 0 Å². The van der Waals surface area contributed by atoms with E-state index in [-0.39, 0.29) is 12.2 Å². The second kappa shape index (κ2) is 11.0. The van der Waals surface area contributed by atoms with E-state index in [4.69, 9.17) is 23.7 Å². The van der Waals surface area contributed by atoms with Gasteiger partial charge in [0.2, 0.25) is 6.29 Å². The van der Waals surface area contributed by atoms with Gasteiger partial charge in [0, 0.05) is 5.92 Å². The minimum atomic E-state index is -1.70. The first-order chi connectivity index (χ1) is 17.3. The largest absolute Gasteiger partial charge is 0.471 e. The minimum absolute atomic E-state index is 0.0179. The molecule has 0 saturated carbocycles. The van der Waals surface area contributed by atoms with Crippen molar-refractivity contribution in [3.05, 3.63) is 59.4 Å². The number of esters is 2. The molecule has 5 N–H and O–H groups in total. The molecule has 2 aliphatic heterocycles. The van der Waals surface area contributed by atoms with Crippen LogP contribution in [0.2, 0.25) is 0 Å². The van der Waals surface area contributed by atoms with E-state index in [0.717, 1.165) is 6.26 Å². The molecule has 1 aromatic carbocycles. The molecule has 196 valence electrons. The molecule has 1 fully saturated rings. The number of aliphatic hydroxyl groups excluding tert-OH is 5. The molecule has 9 atom stereocenters. The highest BCUT2D eigenvalue weighted by Gasteiger charge is 2.52. The summed E-state index contributed by atoms with van der Waals surface area (Å²) in [7, 11) is 1.17. The van der Waals surface area contributed by atoms with Crippen LogP contribution in [0.1, 0.15) is 10.4 Å². The molecule has 1 aromatic rings. The zero-order valence-corrected chi connectivity index (χ0v) is 19.2. The van der Waals surface area contributed by atoms with Gasteiger partial charge in [0.05, 0.1) is 43.1 Å². The van der Waals surface area contributed by atoms with Crippen LogP contribution in [0, 0.1) is 11.8 Å². The fourth-order valence-electron chi connectivity index (χ4n) is 4.58. The number of carbonyl (C=O) groups excluding carboxylic acids is 2. The van der Waals surface area contributed by atoms with Crippen LogP contribution in [0.5, 0.6) is 0 Å². The smallest absolute Gasteiger partial charge is 0.338 e. The maximum Gasteiger partial charge on any atom is 0.338 e. The molecule has 0 spiro atoms. The zero-order valence-electron chi connectivity index (χ0n) is 19.2. The second-order valence-corrected chi connectivity index (χ2v) is 8.63. The highest BCUT2D eigenvalue weighted by Crippen LogP contribution is 2.45. The van der Waals surface area contributed by atoms with Crippen molar-refractivity contribution in [3.8, 4) is 0 Å². The molecule has 0 bridgehead atoms. The molecule has 3 aliphatic rings. The van der Waals surface area contributed by atoms with Crippen LogP contribution in [0.25, 0.3) is 0 Å². The average Bonchev–Trinajstić information content (AvgIpc) is 3.24. The van der Waals surface area contributed by atoms with Gasteiger partial charge in [-0.05, 0) is 17.7 Å². The Kier molecular flexibility index (Phi) is 8.05. The van der Waals surface area contributed by atoms with Crippen molar-refractivity contribution in [1.82, 2.24) is 0 Å². The Labute approximate surface area is 205 Å². The molecule has 4 rings (SSSR count). The summed E-state index contributed by atoms with van der Waals surface area (Å²) in [6.45, 7) is -0.924. The molecule has 12 nitrogen and oxygen atoms in total. The molecule has 36 heavy (non-hydrogen) atoms. The molecule has 2 heterocycles. The number of benzene rings is 1. The Balaban J connectivity index is 1.56. The van der Waals surface area contributed by atoms with Gasteiger partial charge in [0.1, 0.15) is 31.0 Å².